The summed E-state index contributed by atoms with van der Waals surface area (Å²) in [5.74, 6) is -1.04. The highest BCUT2D eigenvalue weighted by atomic mass is 16.2. The minimum Gasteiger partial charge on any atom is -0.357 e. The van der Waals surface area contributed by atoms with Crippen LogP contribution in [0.1, 0.15) is 33.3 Å². The predicted octanol–water partition coefficient (Wildman–Crippen LogP) is 4.81. The second kappa shape index (κ2) is 7.86. The van der Waals surface area contributed by atoms with Gasteiger partial charge in [0, 0.05) is 28.3 Å². The van der Waals surface area contributed by atoms with Crippen molar-refractivity contribution in [3.63, 3.8) is 0 Å². The molecule has 4 aromatic rings. The molecule has 0 fully saturated rings. The lowest BCUT2D eigenvalue weighted by Gasteiger charge is -1.86. The summed E-state index contributed by atoms with van der Waals surface area (Å²) in [7, 11) is 0. The zero-order chi connectivity index (χ0) is 23.1. The number of anilines is 1. The molecule has 8 bridgehead atoms. The highest BCUT2D eigenvalue weighted by Gasteiger charge is 2.28. The van der Waals surface area contributed by atoms with Gasteiger partial charge in [0.05, 0.1) is 28.5 Å². The molecule has 0 aromatic carbocycles. The Labute approximate surface area is 193 Å². The highest BCUT2D eigenvalue weighted by Crippen LogP contribution is 2.20. The van der Waals surface area contributed by atoms with Gasteiger partial charge in [-0.25, -0.2) is 9.97 Å². The van der Waals surface area contributed by atoms with E-state index in [9.17, 15) is 9.59 Å². The molecular weight excluding hydrogens is 428 g/mol. The minimum absolute atomic E-state index is 0.366. The van der Waals surface area contributed by atoms with Crippen LogP contribution >= 0.6 is 0 Å². The molecule has 164 valence electrons. The van der Waals surface area contributed by atoms with Gasteiger partial charge in [0.15, 0.2) is 0 Å². The summed E-state index contributed by atoms with van der Waals surface area (Å²) < 4.78 is 0. The van der Waals surface area contributed by atoms with Crippen molar-refractivity contribution in [1.82, 2.24) is 24.9 Å². The van der Waals surface area contributed by atoms with Crippen molar-refractivity contribution in [3.8, 4) is 0 Å². The predicted molar refractivity (Wildman–Crippen MR) is 133 cm³/mol. The normalized spacial score (nSPS) is 13.4. The number of carbonyl (C=O) groups excluding carboxylic acids is 2. The Morgan fingerprint density at radius 1 is 0.588 bits per heavy atom. The Morgan fingerprint density at radius 3 is 1.62 bits per heavy atom. The zero-order valence-electron chi connectivity index (χ0n) is 17.8. The van der Waals surface area contributed by atoms with Crippen LogP contribution in [0.4, 0.5) is 5.69 Å². The molecule has 0 saturated carbocycles. The fourth-order valence-electron chi connectivity index (χ4n) is 3.90. The number of aromatic amines is 3. The number of carbonyl (C=O) groups is 2. The molecule has 0 aliphatic carbocycles. The van der Waals surface area contributed by atoms with Crippen LogP contribution in [-0.4, -0.2) is 36.6 Å². The van der Waals surface area contributed by atoms with E-state index in [0.717, 1.165) is 44.8 Å². The molecule has 4 N–H and O–H groups in total. The third-order valence-corrected chi connectivity index (χ3v) is 5.47. The van der Waals surface area contributed by atoms with Gasteiger partial charge in [0.25, 0.3) is 11.7 Å². The first kappa shape index (κ1) is 19.7. The van der Waals surface area contributed by atoms with Crippen molar-refractivity contribution in [2.45, 2.75) is 0 Å². The smallest absolute Gasteiger partial charge is 0.298 e. The molecule has 1 amide bonds. The largest absolute Gasteiger partial charge is 0.357 e. The third kappa shape index (κ3) is 3.84. The molecule has 3 aliphatic rings. The van der Waals surface area contributed by atoms with E-state index < -0.39 is 11.7 Å². The van der Waals surface area contributed by atoms with Crippen molar-refractivity contribution >= 4 is 63.7 Å². The molecule has 0 atom stereocenters. The van der Waals surface area contributed by atoms with Crippen LogP contribution in [0.2, 0.25) is 0 Å². The Bertz CT molecular complexity index is 1590. The maximum absolute atomic E-state index is 10.8. The number of ketones is 1. The molecule has 0 unspecified atom stereocenters. The van der Waals surface area contributed by atoms with Gasteiger partial charge in [0.1, 0.15) is 5.69 Å². The molecule has 0 saturated heterocycles. The average molecular weight is 446 g/mol. The zero-order valence-corrected chi connectivity index (χ0v) is 17.8. The minimum atomic E-state index is -0.554. The van der Waals surface area contributed by atoms with E-state index in [1.165, 1.54) is 0 Å². The first-order chi connectivity index (χ1) is 16.6. The number of fused-ring (bicyclic) bond motifs is 9. The van der Waals surface area contributed by atoms with Crippen LogP contribution in [-0.2, 0) is 4.79 Å². The van der Waals surface area contributed by atoms with Gasteiger partial charge >= 0.3 is 0 Å². The summed E-state index contributed by atoms with van der Waals surface area (Å²) in [6.45, 7) is 0. The summed E-state index contributed by atoms with van der Waals surface area (Å²) in [4.78, 5) is 40.1. The SMILES string of the molecule is C1=Cc2cc3ccc(cc4ccc(cc5nc(cc1n2)C=C5)[nH]4)[nH]3.O=C1Nc2cc[nH]c2C1=O. The maximum atomic E-state index is 10.8. The van der Waals surface area contributed by atoms with Crippen molar-refractivity contribution in [2.24, 2.45) is 0 Å². The van der Waals surface area contributed by atoms with Crippen LogP contribution in [0, 0.1) is 0 Å². The molecule has 8 heteroatoms. The van der Waals surface area contributed by atoms with E-state index >= 15 is 0 Å². The number of Topliss-reactive ketones (excluding diaryl/α,β-unsaturated/α-hetero) is 1. The lowest BCUT2D eigenvalue weighted by molar-refractivity contribution is -0.112. The number of nitrogens with one attached hydrogen (secondary N) is 4. The number of nitrogens with zero attached hydrogens (tertiary/aromatic N) is 2. The third-order valence-electron chi connectivity index (χ3n) is 5.47. The number of rotatable bonds is 0. The molecule has 7 heterocycles. The van der Waals surface area contributed by atoms with Crippen LogP contribution in [0.3, 0.4) is 0 Å². The van der Waals surface area contributed by atoms with Crippen molar-refractivity contribution in [1.29, 1.82) is 0 Å². The van der Waals surface area contributed by atoms with Crippen molar-refractivity contribution in [2.75, 3.05) is 5.32 Å². The van der Waals surface area contributed by atoms with Gasteiger partial charge in [-0.2, -0.15) is 0 Å². The number of amides is 1. The summed E-state index contributed by atoms with van der Waals surface area (Å²) in [6.07, 6.45) is 9.66. The van der Waals surface area contributed by atoms with E-state index in [-0.39, 0.29) is 0 Å². The Morgan fingerprint density at radius 2 is 1.09 bits per heavy atom. The topological polar surface area (TPSA) is 119 Å². The van der Waals surface area contributed by atoms with Gasteiger partial charge in [0.2, 0.25) is 0 Å². The second-order valence-electron chi connectivity index (χ2n) is 7.95. The first-order valence-electron chi connectivity index (χ1n) is 10.7. The van der Waals surface area contributed by atoms with Gasteiger partial charge in [-0.15, -0.1) is 0 Å². The van der Waals surface area contributed by atoms with E-state index in [1.54, 1.807) is 12.3 Å². The van der Waals surface area contributed by atoms with E-state index in [4.69, 9.17) is 0 Å². The second-order valence-corrected chi connectivity index (χ2v) is 7.95. The maximum Gasteiger partial charge on any atom is 0.298 e. The number of hydrogen-bond donors (Lipinski definition) is 4. The fourth-order valence-corrected chi connectivity index (χ4v) is 3.90. The standard InChI is InChI=1S/C20H14N4.C6H4N2O2/c1-2-14-10-16-5-6-18(23-16)12-20-8-7-19(24-20)11-17-4-3-15(22-17)9-13(1)21-14;9-5-4-3(1-2-7-4)8-6(5)10/h1-12,21-22H;1-2,7H,(H,8,9,10). The Balaban J connectivity index is 0.000000182. The lowest BCUT2D eigenvalue weighted by atomic mass is 10.3. The van der Waals surface area contributed by atoms with Gasteiger partial charge in [-0.3, -0.25) is 9.59 Å². The van der Waals surface area contributed by atoms with Crippen LogP contribution in [0.5, 0.6) is 0 Å². The van der Waals surface area contributed by atoms with Crippen molar-refractivity contribution in [3.05, 3.63) is 89.3 Å². The van der Waals surface area contributed by atoms with E-state index in [2.05, 4.69) is 60.6 Å². The molecule has 34 heavy (non-hydrogen) atoms. The molecular formula is C26H18N6O2. The highest BCUT2D eigenvalue weighted by molar-refractivity contribution is 6.51. The molecule has 7 rings (SSSR count). The monoisotopic (exact) mass is 446 g/mol. The summed E-state index contributed by atoms with van der Waals surface area (Å²) in [5, 5.41) is 2.41. The molecule has 8 nitrogen and oxygen atoms in total. The van der Waals surface area contributed by atoms with E-state index in [1.807, 2.05) is 42.5 Å². The van der Waals surface area contributed by atoms with E-state index in [0.29, 0.717) is 11.4 Å². The molecule has 0 radical (unpaired) electrons. The van der Waals surface area contributed by atoms with Crippen molar-refractivity contribution < 1.29 is 9.59 Å². The lowest BCUT2D eigenvalue weighted by Crippen LogP contribution is -2.13. The van der Waals surface area contributed by atoms with Gasteiger partial charge in [-0.05, 0) is 78.9 Å². The number of H-pyrrole nitrogens is 3. The Hall–Kier alpha value is -4.98. The molecule has 4 aromatic heterocycles. The summed E-state index contributed by atoms with van der Waals surface area (Å²) >= 11 is 0. The molecule has 0 spiro atoms. The first-order valence-corrected chi connectivity index (χ1v) is 10.7. The molecule has 3 aliphatic heterocycles. The van der Waals surface area contributed by atoms with Gasteiger partial charge < -0.3 is 20.3 Å². The number of hydrogen-bond acceptors (Lipinski definition) is 4. The average Bonchev–Trinajstić information content (AvgIpc) is 3.63. The summed E-state index contributed by atoms with van der Waals surface area (Å²) in [6, 6.07) is 18.1. The van der Waals surface area contributed by atoms with Crippen LogP contribution < -0.4 is 5.32 Å². The van der Waals surface area contributed by atoms with Crippen LogP contribution in [0.15, 0.2) is 60.8 Å². The summed E-state index contributed by atoms with van der Waals surface area (Å²) in [5.41, 5.74) is 8.80. The van der Waals surface area contributed by atoms with Crippen LogP contribution in [0.25, 0.3) is 46.4 Å². The quantitative estimate of drug-likeness (QED) is 0.250. The van der Waals surface area contributed by atoms with Gasteiger partial charge in [-0.1, -0.05) is 0 Å². The Kier molecular flexibility index (Phi) is 4.55. The fraction of sp³-hybridized carbons (Fsp3) is 0. The number of aromatic nitrogens is 5.